The Morgan fingerprint density at radius 1 is 0.952 bits per heavy atom. The van der Waals surface area contributed by atoms with E-state index in [9.17, 15) is 4.79 Å². The molecule has 1 aliphatic carbocycles. The molecule has 1 heterocycles. The number of aromatic nitrogens is 1. The van der Waals surface area contributed by atoms with Gasteiger partial charge in [0.05, 0.1) is 5.56 Å². The fourth-order valence-electron chi connectivity index (χ4n) is 3.07. The zero-order valence-corrected chi connectivity index (χ0v) is 13.0. The molecule has 0 atom stereocenters. The van der Waals surface area contributed by atoms with Gasteiger partial charge in [0.2, 0.25) is 0 Å². The number of carbonyl (C=O) groups is 1. The Labute approximate surface area is 128 Å². The number of carbonyl (C=O) groups excluding carboxylic acids is 1. The number of amides is 1. The molecule has 2 rings (SSSR count). The molecule has 1 saturated carbocycles. The van der Waals surface area contributed by atoms with Crippen LogP contribution in [0.5, 0.6) is 0 Å². The molecule has 1 aromatic heterocycles. The summed E-state index contributed by atoms with van der Waals surface area (Å²) in [7, 11) is 0. The number of rotatable bonds is 2. The van der Waals surface area contributed by atoms with Crippen molar-refractivity contribution >= 4 is 5.91 Å². The topological polar surface area (TPSA) is 42.0 Å². The van der Waals surface area contributed by atoms with E-state index in [1.165, 1.54) is 57.8 Å². The Kier molecular flexibility index (Phi) is 7.27. The lowest BCUT2D eigenvalue weighted by molar-refractivity contribution is 0.0931. The minimum Gasteiger partial charge on any atom is -0.349 e. The molecule has 1 amide bonds. The van der Waals surface area contributed by atoms with Crippen molar-refractivity contribution in [3.05, 3.63) is 30.1 Å². The molecule has 3 nitrogen and oxygen atoms in total. The van der Waals surface area contributed by atoms with Crippen molar-refractivity contribution < 1.29 is 4.79 Å². The van der Waals surface area contributed by atoms with Crippen molar-refractivity contribution in [3.8, 4) is 0 Å². The number of nitrogens with zero attached hydrogens (tertiary/aromatic N) is 1. The Hall–Kier alpha value is -1.38. The van der Waals surface area contributed by atoms with Gasteiger partial charge < -0.3 is 5.32 Å². The predicted molar refractivity (Wildman–Crippen MR) is 86.3 cm³/mol. The molecular formula is C18H28N2O. The van der Waals surface area contributed by atoms with E-state index in [4.69, 9.17) is 0 Å². The number of nitrogens with one attached hydrogen (secondary N) is 1. The normalized spacial score (nSPS) is 19.2. The Morgan fingerprint density at radius 2 is 1.52 bits per heavy atom. The van der Waals surface area contributed by atoms with Crippen LogP contribution in [0, 0.1) is 0 Å². The second-order valence-electron chi connectivity index (χ2n) is 6.17. The molecule has 0 radical (unpaired) electrons. The highest BCUT2D eigenvalue weighted by atomic mass is 16.1. The van der Waals surface area contributed by atoms with E-state index in [1.807, 2.05) is 12.1 Å². The van der Waals surface area contributed by atoms with Crippen LogP contribution in [0.4, 0.5) is 0 Å². The molecule has 0 saturated heterocycles. The van der Waals surface area contributed by atoms with Gasteiger partial charge in [0.15, 0.2) is 0 Å². The lowest BCUT2D eigenvalue weighted by Gasteiger charge is -2.19. The molecule has 1 fully saturated rings. The third kappa shape index (κ3) is 6.28. The highest BCUT2D eigenvalue weighted by Crippen LogP contribution is 2.17. The number of hydrogen-bond donors (Lipinski definition) is 1. The van der Waals surface area contributed by atoms with Gasteiger partial charge in [-0.15, -0.1) is 0 Å². The van der Waals surface area contributed by atoms with E-state index in [2.05, 4.69) is 10.3 Å². The molecular weight excluding hydrogens is 260 g/mol. The summed E-state index contributed by atoms with van der Waals surface area (Å²) in [6, 6.07) is 3.98. The summed E-state index contributed by atoms with van der Waals surface area (Å²) in [5.41, 5.74) is 0.670. The summed E-state index contributed by atoms with van der Waals surface area (Å²) >= 11 is 0. The summed E-state index contributed by atoms with van der Waals surface area (Å²) in [6.07, 6.45) is 17.5. The molecule has 0 spiro atoms. The van der Waals surface area contributed by atoms with Crippen LogP contribution >= 0.6 is 0 Å². The Bertz CT molecular complexity index is 393. The molecule has 116 valence electrons. The second kappa shape index (κ2) is 9.54. The number of hydrogen-bond acceptors (Lipinski definition) is 2. The highest BCUT2D eigenvalue weighted by molar-refractivity contribution is 5.93. The minimum atomic E-state index is 0.0280. The lowest BCUT2D eigenvalue weighted by Crippen LogP contribution is -2.35. The fourth-order valence-corrected chi connectivity index (χ4v) is 3.07. The molecule has 1 aromatic rings. The first-order valence-corrected chi connectivity index (χ1v) is 8.57. The first-order valence-electron chi connectivity index (χ1n) is 8.57. The predicted octanol–water partition coefficient (Wildman–Crippen LogP) is 4.48. The van der Waals surface area contributed by atoms with E-state index < -0.39 is 0 Å². The van der Waals surface area contributed by atoms with Gasteiger partial charge in [-0.2, -0.15) is 0 Å². The lowest BCUT2D eigenvalue weighted by atomic mass is 9.98. The van der Waals surface area contributed by atoms with E-state index in [1.54, 1.807) is 12.4 Å². The SMILES string of the molecule is O=C(NC1CCCCCCCCCCC1)c1cccnc1. The Morgan fingerprint density at radius 3 is 2.05 bits per heavy atom. The molecule has 1 N–H and O–H groups in total. The summed E-state index contributed by atoms with van der Waals surface area (Å²) in [5, 5.41) is 3.21. The van der Waals surface area contributed by atoms with E-state index >= 15 is 0 Å². The molecule has 3 heteroatoms. The van der Waals surface area contributed by atoms with Crippen molar-refractivity contribution in [2.24, 2.45) is 0 Å². The summed E-state index contributed by atoms with van der Waals surface area (Å²) in [4.78, 5) is 16.3. The minimum absolute atomic E-state index is 0.0280. The van der Waals surface area contributed by atoms with Gasteiger partial charge in [0.1, 0.15) is 0 Å². The third-order valence-electron chi connectivity index (χ3n) is 4.36. The van der Waals surface area contributed by atoms with Crippen LogP contribution in [-0.2, 0) is 0 Å². The molecule has 21 heavy (non-hydrogen) atoms. The van der Waals surface area contributed by atoms with Crippen LogP contribution in [0.15, 0.2) is 24.5 Å². The highest BCUT2D eigenvalue weighted by Gasteiger charge is 2.13. The van der Waals surface area contributed by atoms with Gasteiger partial charge in [0, 0.05) is 18.4 Å². The summed E-state index contributed by atoms with van der Waals surface area (Å²) < 4.78 is 0. The summed E-state index contributed by atoms with van der Waals surface area (Å²) in [5.74, 6) is 0.0280. The maximum absolute atomic E-state index is 12.2. The zero-order valence-electron chi connectivity index (χ0n) is 13.0. The molecule has 0 bridgehead atoms. The fraction of sp³-hybridized carbons (Fsp3) is 0.667. The zero-order chi connectivity index (χ0) is 14.8. The first-order chi connectivity index (χ1) is 10.4. The van der Waals surface area contributed by atoms with Gasteiger partial charge in [0.25, 0.3) is 5.91 Å². The van der Waals surface area contributed by atoms with Gasteiger partial charge in [-0.25, -0.2) is 0 Å². The largest absolute Gasteiger partial charge is 0.349 e. The van der Waals surface area contributed by atoms with Gasteiger partial charge >= 0.3 is 0 Å². The average Bonchev–Trinajstić information content (AvgIpc) is 2.51. The molecule has 0 unspecified atom stereocenters. The third-order valence-corrected chi connectivity index (χ3v) is 4.36. The quantitative estimate of drug-likeness (QED) is 0.871. The number of pyridine rings is 1. The van der Waals surface area contributed by atoms with E-state index in [-0.39, 0.29) is 5.91 Å². The van der Waals surface area contributed by atoms with Crippen LogP contribution < -0.4 is 5.32 Å². The maximum Gasteiger partial charge on any atom is 0.253 e. The van der Waals surface area contributed by atoms with Gasteiger partial charge in [-0.05, 0) is 25.0 Å². The van der Waals surface area contributed by atoms with Crippen LogP contribution in [0.3, 0.4) is 0 Å². The van der Waals surface area contributed by atoms with Gasteiger partial charge in [-0.1, -0.05) is 57.8 Å². The average molecular weight is 288 g/mol. The van der Waals surface area contributed by atoms with Crippen LogP contribution in [0.1, 0.15) is 81.0 Å². The van der Waals surface area contributed by atoms with Crippen molar-refractivity contribution in [2.75, 3.05) is 0 Å². The molecule has 0 aliphatic heterocycles. The van der Waals surface area contributed by atoms with Gasteiger partial charge in [-0.3, -0.25) is 9.78 Å². The van der Waals surface area contributed by atoms with Crippen molar-refractivity contribution in [2.45, 2.75) is 76.7 Å². The standard InChI is InChI=1S/C18H28N2O/c21-18(16-11-10-14-19-15-16)20-17-12-8-6-4-2-1-3-5-7-9-13-17/h10-11,14-15,17H,1-9,12-13H2,(H,20,21). The van der Waals surface area contributed by atoms with Crippen LogP contribution in [0.25, 0.3) is 0 Å². The van der Waals surface area contributed by atoms with Crippen LogP contribution in [-0.4, -0.2) is 16.9 Å². The molecule has 1 aliphatic rings. The monoisotopic (exact) mass is 288 g/mol. The summed E-state index contributed by atoms with van der Waals surface area (Å²) in [6.45, 7) is 0. The van der Waals surface area contributed by atoms with E-state index in [0.29, 0.717) is 11.6 Å². The van der Waals surface area contributed by atoms with Crippen molar-refractivity contribution in [1.82, 2.24) is 10.3 Å². The first kappa shape index (κ1) is 16.0. The maximum atomic E-state index is 12.2. The smallest absolute Gasteiger partial charge is 0.253 e. The van der Waals surface area contributed by atoms with Crippen molar-refractivity contribution in [3.63, 3.8) is 0 Å². The van der Waals surface area contributed by atoms with Crippen LogP contribution in [0.2, 0.25) is 0 Å². The second-order valence-corrected chi connectivity index (χ2v) is 6.17. The Balaban J connectivity index is 1.84. The van der Waals surface area contributed by atoms with Crippen molar-refractivity contribution in [1.29, 1.82) is 0 Å². The van der Waals surface area contributed by atoms with E-state index in [0.717, 1.165) is 12.8 Å². The molecule has 0 aromatic carbocycles.